The van der Waals surface area contributed by atoms with E-state index in [9.17, 15) is 20.1 Å². The van der Waals surface area contributed by atoms with E-state index in [1.165, 1.54) is 11.3 Å². The molecule has 39 heavy (non-hydrogen) atoms. The molecule has 1 atom stereocenters. The van der Waals surface area contributed by atoms with Gasteiger partial charge in [0.25, 0.3) is 5.91 Å². The van der Waals surface area contributed by atoms with Crippen molar-refractivity contribution < 1.29 is 24.9 Å². The second kappa shape index (κ2) is 10.8. The number of nitrogens with zero attached hydrogens (tertiary/aromatic N) is 6. The van der Waals surface area contributed by atoms with Crippen molar-refractivity contribution in [3.63, 3.8) is 0 Å². The maximum Gasteiger partial charge on any atom is 0.274 e. The van der Waals surface area contributed by atoms with E-state index in [1.54, 1.807) is 12.1 Å². The van der Waals surface area contributed by atoms with E-state index < -0.39 is 5.60 Å². The number of aromatic nitrogens is 3. The van der Waals surface area contributed by atoms with Crippen molar-refractivity contribution in [2.75, 3.05) is 79.1 Å². The Kier molecular flexibility index (Phi) is 7.25. The minimum Gasteiger partial charge on any atom is -0.393 e. The number of anilines is 4. The largest absolute Gasteiger partial charge is 0.393 e. The van der Waals surface area contributed by atoms with Crippen molar-refractivity contribution >= 4 is 50.0 Å². The second-order valence-electron chi connectivity index (χ2n) is 10.4. The van der Waals surface area contributed by atoms with E-state index in [0.717, 1.165) is 22.9 Å². The zero-order valence-corrected chi connectivity index (χ0v) is 22.4. The van der Waals surface area contributed by atoms with Gasteiger partial charge in [-0.15, -0.1) is 0 Å². The molecule has 0 aromatic carbocycles. The molecule has 3 aromatic heterocycles. The molecule has 0 unspecified atom stereocenters. The van der Waals surface area contributed by atoms with E-state index in [1.807, 2.05) is 21.9 Å². The third kappa shape index (κ3) is 5.50. The van der Waals surface area contributed by atoms with E-state index in [0.29, 0.717) is 81.6 Å². The monoisotopic (exact) mass is 555 g/mol. The Labute approximate surface area is 229 Å². The average molecular weight is 556 g/mol. The number of hydrogen-bond acceptors (Lipinski definition) is 12. The molecule has 3 aromatic rings. The van der Waals surface area contributed by atoms with E-state index >= 15 is 0 Å². The molecule has 0 spiro atoms. The topological polar surface area (TPSA) is 147 Å². The number of nitrogens with one attached hydrogen (secondary N) is 1. The van der Waals surface area contributed by atoms with Crippen molar-refractivity contribution in [1.82, 2.24) is 15.0 Å². The van der Waals surface area contributed by atoms with Crippen LogP contribution in [0.1, 0.15) is 29.8 Å². The van der Waals surface area contributed by atoms with Gasteiger partial charge in [0.2, 0.25) is 0 Å². The zero-order valence-electron chi connectivity index (χ0n) is 21.6. The summed E-state index contributed by atoms with van der Waals surface area (Å²) in [5, 5.41) is 33.9. The van der Waals surface area contributed by atoms with Crippen molar-refractivity contribution in [2.45, 2.75) is 31.0 Å². The van der Waals surface area contributed by atoms with Crippen LogP contribution in [-0.4, -0.2) is 107 Å². The number of hydrogen-bond donors (Lipinski definition) is 4. The Morgan fingerprint density at radius 3 is 2.59 bits per heavy atom. The fourth-order valence-corrected chi connectivity index (χ4v) is 6.22. The molecule has 6 heterocycles. The standard InChI is InChI=1S/C26H33N7O5S/c34-16-26(37)5-8-31(9-6-26)23-19(14-20-22(29-23)30-25(39-20)32-10-12-38-13-11-32)28-24(36)18-2-1-3-21(27-18)33-7-4-17(35)15-33/h1-3,14,17,34-35,37H,4-13,15-16H2,(H,28,36)/t17-/m0/s1. The number of carbonyl (C=O) groups is 1. The van der Waals surface area contributed by atoms with Crippen LogP contribution in [0.5, 0.6) is 0 Å². The van der Waals surface area contributed by atoms with Gasteiger partial charge in [-0.05, 0) is 37.5 Å². The fourth-order valence-electron chi connectivity index (χ4n) is 5.22. The Morgan fingerprint density at radius 2 is 1.87 bits per heavy atom. The highest BCUT2D eigenvalue weighted by Gasteiger charge is 2.33. The molecule has 4 N–H and O–H groups in total. The number of thiazole rings is 1. The fraction of sp³-hybridized carbons (Fsp3) is 0.538. The highest BCUT2D eigenvalue weighted by Crippen LogP contribution is 2.36. The SMILES string of the molecule is O=C(Nc1cc2sc(N3CCOCC3)nc2nc1N1CCC(O)(CO)CC1)c1cccc(N2CC[C@H](O)C2)n1. The Bertz CT molecular complexity index is 1340. The van der Waals surface area contributed by atoms with Crippen molar-refractivity contribution in [3.05, 3.63) is 30.0 Å². The van der Waals surface area contributed by atoms with Crippen molar-refractivity contribution in [3.8, 4) is 0 Å². The summed E-state index contributed by atoms with van der Waals surface area (Å²) in [6, 6.07) is 7.21. The lowest BCUT2D eigenvalue weighted by atomic mass is 9.92. The Hall–Kier alpha value is -3.10. The summed E-state index contributed by atoms with van der Waals surface area (Å²) in [6.45, 7) is 4.68. The van der Waals surface area contributed by atoms with Crippen LogP contribution in [0.15, 0.2) is 24.3 Å². The lowest BCUT2D eigenvalue weighted by molar-refractivity contribution is -0.0326. The predicted molar refractivity (Wildman–Crippen MR) is 149 cm³/mol. The minimum atomic E-state index is -1.11. The average Bonchev–Trinajstić information content (AvgIpc) is 3.59. The molecule has 0 radical (unpaired) electrons. The lowest BCUT2D eigenvalue weighted by Gasteiger charge is -2.38. The Balaban J connectivity index is 1.30. The van der Waals surface area contributed by atoms with Crippen molar-refractivity contribution in [1.29, 1.82) is 0 Å². The molecule has 13 heteroatoms. The van der Waals surface area contributed by atoms with Crippen LogP contribution in [-0.2, 0) is 4.74 Å². The summed E-state index contributed by atoms with van der Waals surface area (Å²) >= 11 is 1.53. The van der Waals surface area contributed by atoms with Gasteiger partial charge < -0.3 is 40.1 Å². The van der Waals surface area contributed by atoms with Gasteiger partial charge >= 0.3 is 0 Å². The van der Waals surface area contributed by atoms with Crippen LogP contribution >= 0.6 is 11.3 Å². The number of β-amino-alcohol motifs (C(OH)–C–C–N with tert-alkyl or cyclic N) is 1. The molecule has 3 saturated heterocycles. The van der Waals surface area contributed by atoms with E-state index in [2.05, 4.69) is 15.2 Å². The predicted octanol–water partition coefficient (Wildman–Crippen LogP) is 1.07. The van der Waals surface area contributed by atoms with Gasteiger partial charge in [0.1, 0.15) is 11.5 Å². The number of morpholine rings is 1. The maximum absolute atomic E-state index is 13.4. The number of fused-ring (bicyclic) bond motifs is 1. The van der Waals surface area contributed by atoms with Gasteiger partial charge in [-0.3, -0.25) is 4.79 Å². The number of carbonyl (C=O) groups excluding carboxylic acids is 1. The van der Waals surface area contributed by atoms with Crippen LogP contribution in [0.2, 0.25) is 0 Å². The summed E-state index contributed by atoms with van der Waals surface area (Å²) in [5.41, 5.74) is 0.307. The summed E-state index contributed by atoms with van der Waals surface area (Å²) in [6.07, 6.45) is 1.06. The zero-order chi connectivity index (χ0) is 27.0. The molecular weight excluding hydrogens is 522 g/mol. The van der Waals surface area contributed by atoms with Crippen molar-refractivity contribution in [2.24, 2.45) is 0 Å². The molecule has 12 nitrogen and oxygen atoms in total. The smallest absolute Gasteiger partial charge is 0.274 e. The summed E-state index contributed by atoms with van der Waals surface area (Å²) in [7, 11) is 0. The van der Waals surface area contributed by atoms with E-state index in [-0.39, 0.29) is 24.3 Å². The van der Waals surface area contributed by atoms with Crippen LogP contribution in [0, 0.1) is 0 Å². The van der Waals surface area contributed by atoms with Crippen LogP contribution in [0.25, 0.3) is 10.3 Å². The summed E-state index contributed by atoms with van der Waals surface area (Å²) in [5.74, 6) is 0.874. The molecule has 0 bridgehead atoms. The Morgan fingerprint density at radius 1 is 1.08 bits per heavy atom. The number of ether oxygens (including phenoxy) is 1. The maximum atomic E-state index is 13.4. The first-order valence-corrected chi connectivity index (χ1v) is 14.2. The number of aliphatic hydroxyl groups is 3. The van der Waals surface area contributed by atoms with Gasteiger partial charge in [0.15, 0.2) is 16.6 Å². The molecule has 0 saturated carbocycles. The first-order chi connectivity index (χ1) is 18.9. The number of pyridine rings is 2. The highest BCUT2D eigenvalue weighted by molar-refractivity contribution is 7.22. The van der Waals surface area contributed by atoms with Crippen LogP contribution in [0.3, 0.4) is 0 Å². The van der Waals surface area contributed by atoms with Gasteiger partial charge in [-0.2, -0.15) is 4.98 Å². The summed E-state index contributed by atoms with van der Waals surface area (Å²) < 4.78 is 6.33. The molecular formula is C26H33N7O5S. The van der Waals surface area contributed by atoms with E-state index in [4.69, 9.17) is 14.7 Å². The molecule has 3 fully saturated rings. The quantitative estimate of drug-likeness (QED) is 0.346. The minimum absolute atomic E-state index is 0.270. The van der Waals surface area contributed by atoms with Gasteiger partial charge in [-0.25, -0.2) is 9.97 Å². The number of piperidine rings is 1. The first kappa shape index (κ1) is 26.1. The van der Waals surface area contributed by atoms with Gasteiger partial charge in [0.05, 0.1) is 41.9 Å². The van der Waals surface area contributed by atoms with Gasteiger partial charge in [-0.1, -0.05) is 17.4 Å². The molecule has 208 valence electrons. The first-order valence-electron chi connectivity index (χ1n) is 13.3. The normalized spacial score (nSPS) is 21.5. The third-order valence-electron chi connectivity index (χ3n) is 7.62. The second-order valence-corrected chi connectivity index (χ2v) is 11.4. The summed E-state index contributed by atoms with van der Waals surface area (Å²) in [4.78, 5) is 33.8. The molecule has 6 rings (SSSR count). The molecule has 0 aliphatic carbocycles. The number of amides is 1. The molecule has 1 amide bonds. The molecule has 3 aliphatic rings. The number of rotatable bonds is 6. The number of aliphatic hydroxyl groups excluding tert-OH is 2. The van der Waals surface area contributed by atoms with Gasteiger partial charge in [0, 0.05) is 39.3 Å². The van der Waals surface area contributed by atoms with Crippen LogP contribution in [0.4, 0.5) is 22.5 Å². The lowest BCUT2D eigenvalue weighted by Crippen LogP contribution is -2.47. The molecule has 3 aliphatic heterocycles. The van der Waals surface area contributed by atoms with Crippen LogP contribution < -0.4 is 20.0 Å². The highest BCUT2D eigenvalue weighted by atomic mass is 32.1. The third-order valence-corrected chi connectivity index (χ3v) is 8.68.